The first kappa shape index (κ1) is 14.2. The fourth-order valence-electron chi connectivity index (χ4n) is 1.85. The topological polar surface area (TPSA) is 26.3 Å². The highest BCUT2D eigenvalue weighted by Gasteiger charge is 2.10. The first-order chi connectivity index (χ1) is 9.49. The van der Waals surface area contributed by atoms with E-state index in [0.29, 0.717) is 11.3 Å². The van der Waals surface area contributed by atoms with Crippen LogP contribution in [0.15, 0.2) is 36.4 Å². The number of ketones is 1. The summed E-state index contributed by atoms with van der Waals surface area (Å²) in [6.45, 7) is 3.06. The lowest BCUT2D eigenvalue weighted by molar-refractivity contribution is 0.101. The number of ether oxygens (including phenoxy) is 1. The largest absolute Gasteiger partial charge is 0.488 e. The number of carbonyl (C=O) groups excluding carboxylic acids is 1. The summed E-state index contributed by atoms with van der Waals surface area (Å²) in [5.74, 6) is -0.816. The molecule has 0 aliphatic heterocycles. The van der Waals surface area contributed by atoms with E-state index in [1.165, 1.54) is 25.1 Å². The number of carbonyl (C=O) groups is 1. The maximum Gasteiger partial charge on any atom is 0.159 e. The standard InChI is InChI=1S/C16H14F2O2/c1-10-8-12(11(2)19)6-7-16(10)20-9-13-14(17)4-3-5-15(13)18/h3-8H,9H2,1-2H3. The van der Waals surface area contributed by atoms with Crippen LogP contribution in [-0.2, 0) is 6.61 Å². The SMILES string of the molecule is CC(=O)c1ccc(OCc2c(F)cccc2F)c(C)c1. The van der Waals surface area contributed by atoms with E-state index in [4.69, 9.17) is 4.74 Å². The van der Waals surface area contributed by atoms with Crippen molar-refractivity contribution in [2.24, 2.45) is 0 Å². The quantitative estimate of drug-likeness (QED) is 0.787. The van der Waals surface area contributed by atoms with Crippen molar-refractivity contribution in [2.45, 2.75) is 20.5 Å². The maximum absolute atomic E-state index is 13.5. The molecule has 0 unspecified atom stereocenters. The average Bonchev–Trinajstić information content (AvgIpc) is 2.39. The summed E-state index contributed by atoms with van der Waals surface area (Å²) < 4.78 is 32.3. The van der Waals surface area contributed by atoms with Crippen molar-refractivity contribution in [2.75, 3.05) is 0 Å². The van der Waals surface area contributed by atoms with Gasteiger partial charge in [0.25, 0.3) is 0 Å². The van der Waals surface area contributed by atoms with Crippen molar-refractivity contribution in [3.8, 4) is 5.75 Å². The summed E-state index contributed by atoms with van der Waals surface area (Å²) in [7, 11) is 0. The van der Waals surface area contributed by atoms with E-state index < -0.39 is 11.6 Å². The van der Waals surface area contributed by atoms with Gasteiger partial charge in [-0.2, -0.15) is 0 Å². The molecule has 104 valence electrons. The van der Waals surface area contributed by atoms with Crippen molar-refractivity contribution in [3.63, 3.8) is 0 Å². The van der Waals surface area contributed by atoms with E-state index in [9.17, 15) is 13.6 Å². The molecule has 0 amide bonds. The first-order valence-electron chi connectivity index (χ1n) is 6.16. The Bertz CT molecular complexity index is 631. The second kappa shape index (κ2) is 5.82. The fourth-order valence-corrected chi connectivity index (χ4v) is 1.85. The van der Waals surface area contributed by atoms with Gasteiger partial charge in [-0.25, -0.2) is 8.78 Å². The monoisotopic (exact) mass is 276 g/mol. The van der Waals surface area contributed by atoms with Gasteiger partial charge in [0, 0.05) is 5.56 Å². The van der Waals surface area contributed by atoms with Crippen LogP contribution in [0.2, 0.25) is 0 Å². The highest BCUT2D eigenvalue weighted by Crippen LogP contribution is 2.22. The molecular weight excluding hydrogens is 262 g/mol. The predicted octanol–water partition coefficient (Wildman–Crippen LogP) is 4.05. The number of aryl methyl sites for hydroxylation is 1. The normalized spacial score (nSPS) is 10.4. The van der Waals surface area contributed by atoms with E-state index in [-0.39, 0.29) is 18.0 Å². The Morgan fingerprint density at radius 2 is 1.80 bits per heavy atom. The van der Waals surface area contributed by atoms with Gasteiger partial charge in [-0.15, -0.1) is 0 Å². The molecule has 0 atom stereocenters. The van der Waals surface area contributed by atoms with Crippen molar-refractivity contribution in [1.82, 2.24) is 0 Å². The Hall–Kier alpha value is -2.23. The van der Waals surface area contributed by atoms with Gasteiger partial charge in [0.1, 0.15) is 24.0 Å². The minimum Gasteiger partial charge on any atom is -0.488 e. The van der Waals surface area contributed by atoms with Crippen molar-refractivity contribution in [3.05, 3.63) is 64.7 Å². The van der Waals surface area contributed by atoms with Crippen LogP contribution in [0.5, 0.6) is 5.75 Å². The lowest BCUT2D eigenvalue weighted by atomic mass is 10.1. The summed E-state index contributed by atoms with van der Waals surface area (Å²) in [5.41, 5.74) is 1.21. The van der Waals surface area contributed by atoms with Crippen LogP contribution in [0, 0.1) is 18.6 Å². The van der Waals surface area contributed by atoms with Crippen LogP contribution in [0.3, 0.4) is 0 Å². The van der Waals surface area contributed by atoms with Gasteiger partial charge in [0.15, 0.2) is 5.78 Å². The van der Waals surface area contributed by atoms with Crippen LogP contribution >= 0.6 is 0 Å². The minimum atomic E-state index is -0.636. The average molecular weight is 276 g/mol. The minimum absolute atomic E-state index is 0.0419. The second-order valence-electron chi connectivity index (χ2n) is 4.53. The van der Waals surface area contributed by atoms with Gasteiger partial charge in [-0.1, -0.05) is 6.07 Å². The molecule has 0 N–H and O–H groups in total. The molecule has 2 aromatic rings. The number of hydrogen-bond donors (Lipinski definition) is 0. The lowest BCUT2D eigenvalue weighted by Crippen LogP contribution is -2.03. The molecule has 2 nitrogen and oxygen atoms in total. The molecule has 0 fully saturated rings. The summed E-state index contributed by atoms with van der Waals surface area (Å²) in [6, 6.07) is 8.63. The predicted molar refractivity (Wildman–Crippen MR) is 71.9 cm³/mol. The third-order valence-corrected chi connectivity index (χ3v) is 3.02. The molecule has 0 radical (unpaired) electrons. The van der Waals surface area contributed by atoms with E-state index in [1.54, 1.807) is 25.1 Å². The zero-order valence-corrected chi connectivity index (χ0v) is 11.2. The van der Waals surface area contributed by atoms with Gasteiger partial charge in [0.2, 0.25) is 0 Å². The Morgan fingerprint density at radius 3 is 2.35 bits per heavy atom. The maximum atomic E-state index is 13.5. The van der Waals surface area contributed by atoms with E-state index in [2.05, 4.69) is 0 Å². The number of halogens is 2. The third kappa shape index (κ3) is 3.02. The van der Waals surface area contributed by atoms with Crippen molar-refractivity contribution >= 4 is 5.78 Å². The summed E-state index contributed by atoms with van der Waals surface area (Å²) in [6.07, 6.45) is 0. The Kier molecular flexibility index (Phi) is 4.13. The molecule has 0 aliphatic carbocycles. The highest BCUT2D eigenvalue weighted by atomic mass is 19.1. The summed E-state index contributed by atoms with van der Waals surface area (Å²) >= 11 is 0. The molecule has 20 heavy (non-hydrogen) atoms. The number of rotatable bonds is 4. The molecule has 0 aliphatic rings. The van der Waals surface area contributed by atoms with Crippen LogP contribution in [0.25, 0.3) is 0 Å². The summed E-state index contributed by atoms with van der Waals surface area (Å²) in [5, 5.41) is 0. The molecular formula is C16H14F2O2. The fraction of sp³-hybridized carbons (Fsp3) is 0.188. The first-order valence-corrected chi connectivity index (χ1v) is 6.16. The third-order valence-electron chi connectivity index (χ3n) is 3.02. The molecule has 2 rings (SSSR count). The van der Waals surface area contributed by atoms with Crippen molar-refractivity contribution < 1.29 is 18.3 Å². The van der Waals surface area contributed by atoms with Crippen LogP contribution in [0.4, 0.5) is 8.78 Å². The molecule has 2 aromatic carbocycles. The molecule has 0 saturated heterocycles. The van der Waals surface area contributed by atoms with Gasteiger partial charge in [0.05, 0.1) is 5.56 Å². The second-order valence-corrected chi connectivity index (χ2v) is 4.53. The van der Waals surface area contributed by atoms with Crippen molar-refractivity contribution in [1.29, 1.82) is 0 Å². The molecule has 0 spiro atoms. The zero-order chi connectivity index (χ0) is 14.7. The van der Waals surface area contributed by atoms with Gasteiger partial charge < -0.3 is 4.74 Å². The highest BCUT2D eigenvalue weighted by molar-refractivity contribution is 5.94. The number of hydrogen-bond acceptors (Lipinski definition) is 2. The summed E-state index contributed by atoms with van der Waals surface area (Å²) in [4.78, 5) is 11.2. The number of benzene rings is 2. The molecule has 4 heteroatoms. The van der Waals surface area contributed by atoms with Gasteiger partial charge in [-0.3, -0.25) is 4.79 Å². The van der Waals surface area contributed by atoms with Crippen LogP contribution in [-0.4, -0.2) is 5.78 Å². The Morgan fingerprint density at radius 1 is 1.15 bits per heavy atom. The molecule has 0 heterocycles. The van der Waals surface area contributed by atoms with Gasteiger partial charge in [-0.05, 0) is 49.7 Å². The Balaban J connectivity index is 2.17. The van der Waals surface area contributed by atoms with Crippen LogP contribution < -0.4 is 4.74 Å². The zero-order valence-electron chi connectivity index (χ0n) is 11.2. The smallest absolute Gasteiger partial charge is 0.159 e. The van der Waals surface area contributed by atoms with E-state index in [0.717, 1.165) is 5.56 Å². The van der Waals surface area contributed by atoms with Crippen LogP contribution in [0.1, 0.15) is 28.4 Å². The van der Waals surface area contributed by atoms with Gasteiger partial charge >= 0.3 is 0 Å². The Labute approximate surface area is 116 Å². The molecule has 0 aromatic heterocycles. The van der Waals surface area contributed by atoms with E-state index in [1.807, 2.05) is 0 Å². The number of Topliss-reactive ketones (excluding diaryl/α,β-unsaturated/α-hetero) is 1. The lowest BCUT2D eigenvalue weighted by Gasteiger charge is -2.11. The molecule has 0 bridgehead atoms. The van der Waals surface area contributed by atoms with E-state index >= 15 is 0 Å². The molecule has 0 saturated carbocycles.